The summed E-state index contributed by atoms with van der Waals surface area (Å²) in [6, 6.07) is 16.3. The van der Waals surface area contributed by atoms with Crippen LogP contribution in [0.5, 0.6) is 0 Å². The van der Waals surface area contributed by atoms with Gasteiger partial charge in [-0.25, -0.2) is 0 Å². The van der Waals surface area contributed by atoms with Gasteiger partial charge < -0.3 is 16.6 Å². The van der Waals surface area contributed by atoms with E-state index in [2.05, 4.69) is 10.1 Å². The molecule has 0 spiro atoms. The second kappa shape index (κ2) is 9.91. The molecule has 0 aromatic heterocycles. The van der Waals surface area contributed by atoms with Crippen molar-refractivity contribution in [1.29, 1.82) is 0 Å². The van der Waals surface area contributed by atoms with Gasteiger partial charge in [-0.3, -0.25) is 14.4 Å². The highest BCUT2D eigenvalue weighted by Crippen LogP contribution is 2.06. The van der Waals surface area contributed by atoms with E-state index in [9.17, 15) is 14.4 Å². The van der Waals surface area contributed by atoms with Crippen molar-refractivity contribution < 1.29 is 19.2 Å². The zero-order chi connectivity index (χ0) is 19.6. The van der Waals surface area contributed by atoms with Crippen molar-refractivity contribution in [3.8, 4) is 0 Å². The third-order valence-electron chi connectivity index (χ3n) is 4.02. The molecule has 1 amide bonds. The summed E-state index contributed by atoms with van der Waals surface area (Å²) in [6.45, 7) is 0. The molecule has 2 atom stereocenters. The summed E-state index contributed by atoms with van der Waals surface area (Å²) in [5, 5.41) is 2.57. The Labute approximate surface area is 156 Å². The number of nitrogens with one attached hydrogen (secondary N) is 1. The molecule has 0 heterocycles. The summed E-state index contributed by atoms with van der Waals surface area (Å²) in [7, 11) is 0. The van der Waals surface area contributed by atoms with E-state index in [-0.39, 0.29) is 12.7 Å². The Hall–Kier alpha value is -3.41. The first-order valence-corrected chi connectivity index (χ1v) is 8.40. The van der Waals surface area contributed by atoms with Gasteiger partial charge in [0.2, 0.25) is 12.2 Å². The Kier molecular flexibility index (Phi) is 7.31. The standard InChI is InChI=1S/C20H20N4O3/c21-16(11-14-7-3-1-4-8-14)20(27)23-17(19(26)18(13-25)24-22)12-15-9-5-2-6-10-15/h1-10,13,16-17H,11-12,21H2,(H,23,27)/t16-,17-/m1/s1. The topological polar surface area (TPSA) is 126 Å². The van der Waals surface area contributed by atoms with E-state index < -0.39 is 29.5 Å². The second-order valence-corrected chi connectivity index (χ2v) is 6.01. The fourth-order valence-corrected chi connectivity index (χ4v) is 2.61. The molecule has 0 saturated heterocycles. The molecule has 0 unspecified atom stereocenters. The number of hydrogen-bond acceptors (Lipinski definition) is 4. The van der Waals surface area contributed by atoms with E-state index in [4.69, 9.17) is 11.3 Å². The van der Waals surface area contributed by atoms with E-state index in [1.165, 1.54) is 0 Å². The maximum atomic E-state index is 12.5. The van der Waals surface area contributed by atoms with Crippen LogP contribution in [0.3, 0.4) is 0 Å². The van der Waals surface area contributed by atoms with Crippen molar-refractivity contribution in [3.63, 3.8) is 0 Å². The second-order valence-electron chi connectivity index (χ2n) is 6.01. The van der Waals surface area contributed by atoms with Gasteiger partial charge in [0.1, 0.15) is 6.04 Å². The largest absolute Gasteiger partial charge is 0.399 e. The highest BCUT2D eigenvalue weighted by Gasteiger charge is 2.31. The van der Waals surface area contributed by atoms with Gasteiger partial charge in [0.15, 0.2) is 0 Å². The lowest BCUT2D eigenvalue weighted by atomic mass is 9.99. The van der Waals surface area contributed by atoms with Crippen LogP contribution in [0.25, 0.3) is 5.53 Å². The van der Waals surface area contributed by atoms with Crippen LogP contribution >= 0.6 is 0 Å². The molecular weight excluding hydrogens is 344 g/mol. The molecule has 7 heteroatoms. The molecule has 0 fully saturated rings. The highest BCUT2D eigenvalue weighted by molar-refractivity contribution is 6.59. The lowest BCUT2D eigenvalue weighted by Crippen LogP contribution is -2.51. The third-order valence-corrected chi connectivity index (χ3v) is 4.02. The molecule has 7 nitrogen and oxygen atoms in total. The van der Waals surface area contributed by atoms with Crippen molar-refractivity contribution in [3.05, 3.63) is 77.3 Å². The number of carbonyl (C=O) groups is 3. The van der Waals surface area contributed by atoms with Crippen LogP contribution in [-0.4, -0.2) is 40.6 Å². The molecule has 0 aliphatic carbocycles. The Morgan fingerprint density at radius 2 is 1.52 bits per heavy atom. The molecule has 0 aliphatic heterocycles. The number of nitrogens with two attached hydrogens (primary N) is 1. The number of amides is 1. The number of aldehydes is 1. The van der Waals surface area contributed by atoms with Crippen molar-refractivity contribution >= 4 is 23.7 Å². The molecule has 138 valence electrons. The van der Waals surface area contributed by atoms with Gasteiger partial charge >= 0.3 is 5.71 Å². The predicted molar refractivity (Wildman–Crippen MR) is 99.9 cm³/mol. The van der Waals surface area contributed by atoms with Gasteiger partial charge in [-0.15, -0.1) is 0 Å². The predicted octanol–water partition coefficient (Wildman–Crippen LogP) is 0.723. The molecular formula is C20H20N4O3. The summed E-state index contributed by atoms with van der Waals surface area (Å²) in [5.41, 5.74) is 15.8. The first kappa shape index (κ1) is 19.9. The van der Waals surface area contributed by atoms with E-state index in [0.717, 1.165) is 11.1 Å². The monoisotopic (exact) mass is 364 g/mol. The number of rotatable bonds is 9. The summed E-state index contributed by atoms with van der Waals surface area (Å²) in [4.78, 5) is 38.6. The Bertz CT molecular complexity index is 846. The van der Waals surface area contributed by atoms with Gasteiger partial charge in [0.05, 0.1) is 6.04 Å². The quantitative estimate of drug-likeness (QED) is 0.223. The summed E-state index contributed by atoms with van der Waals surface area (Å²) < 4.78 is 0. The number of carbonyl (C=O) groups excluding carboxylic acids is 3. The summed E-state index contributed by atoms with van der Waals surface area (Å²) in [5.74, 6) is -1.31. The molecule has 2 aromatic carbocycles. The SMILES string of the molecule is [N-]=[N+]=C(C=O)C(=O)[C@@H](Cc1ccccc1)NC(=O)[C@H](N)Cc1ccccc1. The molecule has 3 N–H and O–H groups in total. The molecule has 0 saturated carbocycles. The average Bonchev–Trinajstić information content (AvgIpc) is 2.69. The van der Waals surface area contributed by atoms with Crippen LogP contribution in [0.2, 0.25) is 0 Å². The molecule has 2 aromatic rings. The fourth-order valence-electron chi connectivity index (χ4n) is 2.61. The van der Waals surface area contributed by atoms with Crippen LogP contribution in [0.1, 0.15) is 11.1 Å². The van der Waals surface area contributed by atoms with Crippen molar-refractivity contribution in [1.82, 2.24) is 5.32 Å². The third kappa shape index (κ3) is 5.81. The highest BCUT2D eigenvalue weighted by atomic mass is 16.2. The van der Waals surface area contributed by atoms with Crippen LogP contribution in [0.4, 0.5) is 0 Å². The lowest BCUT2D eigenvalue weighted by Gasteiger charge is -2.18. The van der Waals surface area contributed by atoms with Crippen molar-refractivity contribution in [2.45, 2.75) is 24.9 Å². The Morgan fingerprint density at radius 3 is 2.00 bits per heavy atom. The minimum absolute atomic E-state index is 0.135. The van der Waals surface area contributed by atoms with Crippen molar-refractivity contribution in [2.75, 3.05) is 0 Å². The number of nitrogens with zero attached hydrogens (tertiary/aromatic N) is 2. The van der Waals surface area contributed by atoms with E-state index in [0.29, 0.717) is 6.42 Å². The zero-order valence-corrected chi connectivity index (χ0v) is 14.6. The van der Waals surface area contributed by atoms with Gasteiger partial charge in [0, 0.05) is 6.42 Å². The van der Waals surface area contributed by atoms with E-state index in [1.807, 2.05) is 36.4 Å². The lowest BCUT2D eigenvalue weighted by molar-refractivity contribution is -0.128. The van der Waals surface area contributed by atoms with Gasteiger partial charge in [-0.05, 0) is 17.5 Å². The fraction of sp³-hybridized carbons (Fsp3) is 0.200. The summed E-state index contributed by atoms with van der Waals surface area (Å²) in [6.07, 6.45) is 0.584. The van der Waals surface area contributed by atoms with Gasteiger partial charge in [-0.1, -0.05) is 60.7 Å². The molecule has 27 heavy (non-hydrogen) atoms. The van der Waals surface area contributed by atoms with Crippen LogP contribution < -0.4 is 11.1 Å². The number of benzene rings is 2. The molecule has 0 bridgehead atoms. The Balaban J connectivity index is 2.14. The van der Waals surface area contributed by atoms with E-state index in [1.54, 1.807) is 24.3 Å². The van der Waals surface area contributed by atoms with Crippen LogP contribution in [0.15, 0.2) is 60.7 Å². The maximum absolute atomic E-state index is 12.5. The zero-order valence-electron chi connectivity index (χ0n) is 14.6. The first-order chi connectivity index (χ1) is 13.0. The smallest absolute Gasteiger partial charge is 0.360 e. The maximum Gasteiger partial charge on any atom is 0.399 e. The van der Waals surface area contributed by atoms with Crippen molar-refractivity contribution in [2.24, 2.45) is 5.73 Å². The number of Topliss-reactive ketones (excluding diaryl/α,β-unsaturated/α-hetero) is 1. The average molecular weight is 364 g/mol. The van der Waals surface area contributed by atoms with Crippen LogP contribution in [0, 0.1) is 0 Å². The van der Waals surface area contributed by atoms with E-state index >= 15 is 0 Å². The molecule has 0 radical (unpaired) electrons. The Morgan fingerprint density at radius 1 is 1.00 bits per heavy atom. The minimum atomic E-state index is -1.07. The number of hydrogen-bond donors (Lipinski definition) is 2. The first-order valence-electron chi connectivity index (χ1n) is 8.40. The normalized spacial score (nSPS) is 12.3. The molecule has 0 aliphatic rings. The summed E-state index contributed by atoms with van der Waals surface area (Å²) >= 11 is 0. The minimum Gasteiger partial charge on any atom is -0.360 e. The van der Waals surface area contributed by atoms with Gasteiger partial charge in [0.25, 0.3) is 5.78 Å². The van der Waals surface area contributed by atoms with Gasteiger partial charge in [-0.2, -0.15) is 4.79 Å². The molecule has 2 rings (SSSR count). The number of ketones is 1. The van der Waals surface area contributed by atoms with Crippen LogP contribution in [-0.2, 0) is 27.2 Å².